The number of hydrogen-bond donors (Lipinski definition) is 1. The Morgan fingerprint density at radius 3 is 2.67 bits per heavy atom. The molecule has 1 aliphatic carbocycles. The second kappa shape index (κ2) is 4.66. The zero-order valence-corrected chi connectivity index (χ0v) is 8.23. The molecule has 1 rings (SSSR count). The third-order valence-electron chi connectivity index (χ3n) is 3.07. The van der Waals surface area contributed by atoms with Crippen molar-refractivity contribution in [3.63, 3.8) is 0 Å². The molecule has 0 amide bonds. The molecule has 1 N–H and O–H groups in total. The Kier molecular flexibility index (Phi) is 3.80. The molecule has 0 atom stereocenters. The lowest BCUT2D eigenvalue weighted by atomic mass is 9.75. The van der Waals surface area contributed by atoms with E-state index in [4.69, 9.17) is 0 Å². The van der Waals surface area contributed by atoms with Crippen LogP contribution in [-0.2, 0) is 0 Å². The maximum Gasteiger partial charge on any atom is 0.0178 e. The summed E-state index contributed by atoms with van der Waals surface area (Å²) in [5.41, 5.74) is 0.529. The summed E-state index contributed by atoms with van der Waals surface area (Å²) in [5.74, 6) is 0. The highest BCUT2D eigenvalue weighted by Crippen LogP contribution is 2.34. The molecule has 0 saturated heterocycles. The first-order valence-electron chi connectivity index (χ1n) is 5.19. The van der Waals surface area contributed by atoms with E-state index < -0.39 is 0 Å². The van der Waals surface area contributed by atoms with Gasteiger partial charge in [-0.25, -0.2) is 0 Å². The van der Waals surface area contributed by atoms with E-state index in [1.54, 1.807) is 0 Å². The predicted octanol–water partition coefficient (Wildman–Crippen LogP) is 2.87. The standard InChI is InChI=1S/C11H21N/c1-3-5-6-10-12-11(4-2)8-7-9-11/h3,12H,1,4-10H2,2H3. The topological polar surface area (TPSA) is 12.0 Å². The van der Waals surface area contributed by atoms with E-state index >= 15 is 0 Å². The van der Waals surface area contributed by atoms with Crippen molar-refractivity contribution in [1.82, 2.24) is 5.32 Å². The van der Waals surface area contributed by atoms with Crippen LogP contribution in [0.25, 0.3) is 0 Å². The van der Waals surface area contributed by atoms with Gasteiger partial charge in [-0.05, 0) is 45.1 Å². The molecule has 0 bridgehead atoms. The van der Waals surface area contributed by atoms with Crippen LogP contribution in [0.4, 0.5) is 0 Å². The smallest absolute Gasteiger partial charge is 0.0178 e. The normalized spacial score (nSPS) is 20.1. The SMILES string of the molecule is C=CCCCNC1(CC)CCC1. The van der Waals surface area contributed by atoms with Gasteiger partial charge >= 0.3 is 0 Å². The van der Waals surface area contributed by atoms with Crippen molar-refractivity contribution in [2.45, 2.75) is 51.0 Å². The molecule has 0 aromatic rings. The van der Waals surface area contributed by atoms with Crippen molar-refractivity contribution >= 4 is 0 Å². The monoisotopic (exact) mass is 167 g/mol. The Morgan fingerprint density at radius 1 is 1.50 bits per heavy atom. The van der Waals surface area contributed by atoms with E-state index in [1.807, 2.05) is 6.08 Å². The Labute approximate surface area is 76.2 Å². The quantitative estimate of drug-likeness (QED) is 0.474. The molecule has 0 aromatic carbocycles. The molecule has 0 unspecified atom stereocenters. The summed E-state index contributed by atoms with van der Waals surface area (Å²) in [7, 11) is 0. The van der Waals surface area contributed by atoms with Gasteiger partial charge in [-0.1, -0.05) is 13.0 Å². The van der Waals surface area contributed by atoms with Gasteiger partial charge < -0.3 is 5.32 Å². The zero-order chi connectivity index (χ0) is 8.86. The molecule has 0 spiro atoms. The van der Waals surface area contributed by atoms with Gasteiger partial charge in [-0.2, -0.15) is 0 Å². The first kappa shape index (κ1) is 9.79. The van der Waals surface area contributed by atoms with E-state index in [1.165, 1.54) is 38.6 Å². The molecule has 0 radical (unpaired) electrons. The number of nitrogens with one attached hydrogen (secondary N) is 1. The minimum atomic E-state index is 0.529. The summed E-state index contributed by atoms with van der Waals surface area (Å²) in [6.45, 7) is 7.18. The molecule has 0 heterocycles. The first-order chi connectivity index (χ1) is 5.83. The maximum atomic E-state index is 3.72. The van der Waals surface area contributed by atoms with Crippen LogP contribution >= 0.6 is 0 Å². The Bertz CT molecular complexity index is 130. The second-order valence-corrected chi connectivity index (χ2v) is 3.85. The van der Waals surface area contributed by atoms with E-state index in [9.17, 15) is 0 Å². The summed E-state index contributed by atoms with van der Waals surface area (Å²) in [6, 6.07) is 0. The molecule has 1 fully saturated rings. The largest absolute Gasteiger partial charge is 0.311 e. The van der Waals surface area contributed by atoms with Crippen molar-refractivity contribution < 1.29 is 0 Å². The molecule has 1 heteroatoms. The van der Waals surface area contributed by atoms with E-state index in [-0.39, 0.29) is 0 Å². The average molecular weight is 167 g/mol. The van der Waals surface area contributed by atoms with Gasteiger partial charge in [-0.3, -0.25) is 0 Å². The summed E-state index contributed by atoms with van der Waals surface area (Å²) in [5, 5.41) is 3.67. The number of rotatable bonds is 6. The Hall–Kier alpha value is -0.300. The third kappa shape index (κ3) is 2.34. The Morgan fingerprint density at radius 2 is 2.25 bits per heavy atom. The minimum absolute atomic E-state index is 0.529. The molecule has 1 saturated carbocycles. The van der Waals surface area contributed by atoms with Crippen LogP contribution in [0.3, 0.4) is 0 Å². The van der Waals surface area contributed by atoms with Crippen molar-refractivity contribution in [3.8, 4) is 0 Å². The number of hydrogen-bond acceptors (Lipinski definition) is 1. The van der Waals surface area contributed by atoms with Gasteiger partial charge in [0.05, 0.1) is 0 Å². The average Bonchev–Trinajstić information content (AvgIpc) is 2.02. The lowest BCUT2D eigenvalue weighted by Gasteiger charge is -2.42. The zero-order valence-electron chi connectivity index (χ0n) is 8.23. The molecule has 1 aliphatic rings. The van der Waals surface area contributed by atoms with Crippen LogP contribution in [0, 0.1) is 0 Å². The molecule has 0 aliphatic heterocycles. The van der Waals surface area contributed by atoms with Gasteiger partial charge in [0.1, 0.15) is 0 Å². The van der Waals surface area contributed by atoms with E-state index in [2.05, 4.69) is 18.8 Å². The summed E-state index contributed by atoms with van der Waals surface area (Å²) < 4.78 is 0. The van der Waals surface area contributed by atoms with Gasteiger partial charge in [-0.15, -0.1) is 6.58 Å². The highest BCUT2D eigenvalue weighted by atomic mass is 15.0. The molecule has 0 aromatic heterocycles. The van der Waals surface area contributed by atoms with Gasteiger partial charge in [0.25, 0.3) is 0 Å². The number of allylic oxidation sites excluding steroid dienone is 1. The number of unbranched alkanes of at least 4 members (excludes halogenated alkanes) is 1. The van der Waals surface area contributed by atoms with Crippen molar-refractivity contribution in [2.75, 3.05) is 6.54 Å². The lowest BCUT2D eigenvalue weighted by molar-refractivity contribution is 0.178. The van der Waals surface area contributed by atoms with Crippen LogP contribution in [-0.4, -0.2) is 12.1 Å². The van der Waals surface area contributed by atoms with E-state index in [0.29, 0.717) is 5.54 Å². The highest BCUT2D eigenvalue weighted by molar-refractivity contribution is 4.94. The Balaban J connectivity index is 2.07. The summed E-state index contributed by atoms with van der Waals surface area (Å²) >= 11 is 0. The predicted molar refractivity (Wildman–Crippen MR) is 54.3 cm³/mol. The van der Waals surface area contributed by atoms with E-state index in [0.717, 1.165) is 6.42 Å². The van der Waals surface area contributed by atoms with Crippen molar-refractivity contribution in [1.29, 1.82) is 0 Å². The fourth-order valence-corrected chi connectivity index (χ4v) is 1.86. The molecule has 1 nitrogen and oxygen atoms in total. The highest BCUT2D eigenvalue weighted by Gasteiger charge is 2.33. The minimum Gasteiger partial charge on any atom is -0.311 e. The fraction of sp³-hybridized carbons (Fsp3) is 0.818. The maximum absolute atomic E-state index is 3.72. The van der Waals surface area contributed by atoms with Crippen molar-refractivity contribution in [3.05, 3.63) is 12.7 Å². The molecular weight excluding hydrogens is 146 g/mol. The second-order valence-electron chi connectivity index (χ2n) is 3.85. The fourth-order valence-electron chi connectivity index (χ4n) is 1.86. The van der Waals surface area contributed by atoms with Crippen LogP contribution in [0.15, 0.2) is 12.7 Å². The molecule has 70 valence electrons. The molecule has 12 heavy (non-hydrogen) atoms. The van der Waals surface area contributed by atoms with Crippen molar-refractivity contribution in [2.24, 2.45) is 0 Å². The summed E-state index contributed by atoms with van der Waals surface area (Å²) in [4.78, 5) is 0. The van der Waals surface area contributed by atoms with Gasteiger partial charge in [0.15, 0.2) is 0 Å². The third-order valence-corrected chi connectivity index (χ3v) is 3.07. The summed E-state index contributed by atoms with van der Waals surface area (Å²) in [6.07, 6.45) is 9.87. The van der Waals surface area contributed by atoms with Crippen LogP contribution < -0.4 is 5.32 Å². The molecular formula is C11H21N. The van der Waals surface area contributed by atoms with Crippen LogP contribution in [0.5, 0.6) is 0 Å². The first-order valence-corrected chi connectivity index (χ1v) is 5.19. The lowest BCUT2D eigenvalue weighted by Crippen LogP contribution is -2.50. The van der Waals surface area contributed by atoms with Crippen LogP contribution in [0.1, 0.15) is 45.4 Å². The van der Waals surface area contributed by atoms with Crippen LogP contribution in [0.2, 0.25) is 0 Å². The van der Waals surface area contributed by atoms with Gasteiger partial charge in [0.2, 0.25) is 0 Å². The van der Waals surface area contributed by atoms with Gasteiger partial charge in [0, 0.05) is 5.54 Å².